The second-order valence-corrected chi connectivity index (χ2v) is 5.42. The number of ether oxygens (including phenoxy) is 1. The van der Waals surface area contributed by atoms with E-state index >= 15 is 0 Å². The van der Waals surface area contributed by atoms with Gasteiger partial charge in [-0.2, -0.15) is 0 Å². The molecule has 5 nitrogen and oxygen atoms in total. The highest BCUT2D eigenvalue weighted by Crippen LogP contribution is 2.33. The van der Waals surface area contributed by atoms with Crippen LogP contribution < -0.4 is 10.1 Å². The summed E-state index contributed by atoms with van der Waals surface area (Å²) in [6.45, 7) is 2.54. The minimum absolute atomic E-state index is 0.0636. The summed E-state index contributed by atoms with van der Waals surface area (Å²) in [5.41, 5.74) is 0.392. The molecule has 1 heterocycles. The van der Waals surface area contributed by atoms with Gasteiger partial charge in [0.25, 0.3) is 5.91 Å². The highest BCUT2D eigenvalue weighted by atomic mass is 35.5. The molecule has 112 valence electrons. The summed E-state index contributed by atoms with van der Waals surface area (Å²) in [4.78, 5) is 16.1. The normalized spacial score (nSPS) is 12.0. The van der Waals surface area contributed by atoms with Gasteiger partial charge in [0.15, 0.2) is 5.75 Å². The van der Waals surface area contributed by atoms with Crippen molar-refractivity contribution in [1.29, 1.82) is 0 Å². The molecule has 2 rings (SSSR count). The Kier molecular flexibility index (Phi) is 5.09. The molecule has 1 amide bonds. The van der Waals surface area contributed by atoms with E-state index in [-0.39, 0.29) is 11.9 Å². The third-order valence-corrected chi connectivity index (χ3v) is 3.45. The molecule has 0 aliphatic carbocycles. The Morgan fingerprint density at radius 3 is 2.62 bits per heavy atom. The maximum absolute atomic E-state index is 12.2. The quantitative estimate of drug-likeness (QED) is 0.918. The number of methoxy groups -OCH3 is 1. The van der Waals surface area contributed by atoms with E-state index in [4.69, 9.17) is 27.9 Å². The number of nitrogens with one attached hydrogen (secondary N) is 1. The Morgan fingerprint density at radius 2 is 2.10 bits per heavy atom. The molecule has 0 unspecified atom stereocenters. The van der Waals surface area contributed by atoms with Crippen molar-refractivity contribution < 1.29 is 9.53 Å². The summed E-state index contributed by atoms with van der Waals surface area (Å²) in [6, 6.07) is 3.00. The van der Waals surface area contributed by atoms with Gasteiger partial charge in [0.1, 0.15) is 0 Å². The van der Waals surface area contributed by atoms with E-state index in [0.717, 1.165) is 0 Å². The Hall–Kier alpha value is -1.72. The lowest BCUT2D eigenvalue weighted by molar-refractivity contribution is 0.0936. The van der Waals surface area contributed by atoms with Gasteiger partial charge >= 0.3 is 0 Å². The summed E-state index contributed by atoms with van der Waals surface area (Å²) >= 11 is 12.1. The van der Waals surface area contributed by atoms with Gasteiger partial charge in [-0.1, -0.05) is 23.2 Å². The average molecular weight is 328 g/mol. The van der Waals surface area contributed by atoms with Crippen LogP contribution in [0.1, 0.15) is 17.3 Å². The van der Waals surface area contributed by atoms with Crippen LogP contribution >= 0.6 is 23.2 Å². The molecule has 1 atom stereocenters. The lowest BCUT2D eigenvalue weighted by Gasteiger charge is -2.15. The Bertz CT molecular complexity index is 606. The molecule has 1 aromatic carbocycles. The van der Waals surface area contributed by atoms with Crippen LogP contribution in [0.4, 0.5) is 0 Å². The molecule has 1 N–H and O–H groups in total. The van der Waals surface area contributed by atoms with Gasteiger partial charge in [0.2, 0.25) is 0 Å². The fourth-order valence-corrected chi connectivity index (χ4v) is 2.59. The third kappa shape index (κ3) is 3.89. The van der Waals surface area contributed by atoms with Crippen LogP contribution in [0.2, 0.25) is 10.0 Å². The predicted octanol–water partition coefficient (Wildman–Crippen LogP) is 3.02. The first-order valence-electron chi connectivity index (χ1n) is 6.31. The van der Waals surface area contributed by atoms with E-state index < -0.39 is 0 Å². The number of rotatable bonds is 5. The van der Waals surface area contributed by atoms with Crippen LogP contribution in [0.15, 0.2) is 30.9 Å². The largest absolute Gasteiger partial charge is 0.494 e. The van der Waals surface area contributed by atoms with Gasteiger partial charge in [-0.05, 0) is 19.1 Å². The molecular weight excluding hydrogens is 313 g/mol. The number of benzene rings is 1. The molecule has 0 aliphatic heterocycles. The second kappa shape index (κ2) is 6.83. The van der Waals surface area contributed by atoms with Crippen molar-refractivity contribution in [3.8, 4) is 5.75 Å². The van der Waals surface area contributed by atoms with E-state index in [9.17, 15) is 4.79 Å². The standard InChI is InChI=1S/C14H15Cl2N3O2/c1-9(7-19-4-3-17-8-19)18-14(20)10-5-11(15)13(21-2)12(16)6-10/h3-6,8-9H,7H2,1-2H3,(H,18,20)/t9-/m0/s1. The number of carbonyl (C=O) groups is 1. The molecule has 0 saturated heterocycles. The lowest BCUT2D eigenvalue weighted by Crippen LogP contribution is -2.35. The first-order chi connectivity index (χ1) is 10.0. The smallest absolute Gasteiger partial charge is 0.251 e. The average Bonchev–Trinajstić information content (AvgIpc) is 2.90. The van der Waals surface area contributed by atoms with E-state index in [0.29, 0.717) is 27.9 Å². The van der Waals surface area contributed by atoms with E-state index in [1.54, 1.807) is 12.5 Å². The number of carbonyl (C=O) groups excluding carboxylic acids is 1. The van der Waals surface area contributed by atoms with Crippen molar-refractivity contribution in [3.63, 3.8) is 0 Å². The van der Waals surface area contributed by atoms with Crippen molar-refractivity contribution in [2.45, 2.75) is 19.5 Å². The third-order valence-electron chi connectivity index (χ3n) is 2.89. The van der Waals surface area contributed by atoms with E-state index in [1.165, 1.54) is 19.2 Å². The van der Waals surface area contributed by atoms with Crippen LogP contribution in [0.25, 0.3) is 0 Å². The summed E-state index contributed by atoms with van der Waals surface area (Å²) in [5.74, 6) is 0.121. The van der Waals surface area contributed by atoms with Gasteiger partial charge < -0.3 is 14.6 Å². The van der Waals surface area contributed by atoms with E-state index in [2.05, 4.69) is 10.3 Å². The zero-order chi connectivity index (χ0) is 15.4. The Labute approximate surface area is 132 Å². The SMILES string of the molecule is COc1c(Cl)cc(C(=O)N[C@@H](C)Cn2ccnc2)cc1Cl. The number of halogens is 2. The summed E-state index contributed by atoms with van der Waals surface area (Å²) in [7, 11) is 1.47. The number of imidazole rings is 1. The summed E-state index contributed by atoms with van der Waals surface area (Å²) in [5, 5.41) is 3.49. The maximum atomic E-state index is 12.2. The van der Waals surface area contributed by atoms with Gasteiger partial charge in [0, 0.05) is 30.5 Å². The fourth-order valence-electron chi connectivity index (χ4n) is 1.95. The second-order valence-electron chi connectivity index (χ2n) is 4.61. The zero-order valence-electron chi connectivity index (χ0n) is 11.6. The van der Waals surface area contributed by atoms with Crippen molar-refractivity contribution in [3.05, 3.63) is 46.5 Å². The van der Waals surface area contributed by atoms with Crippen LogP contribution in [0.3, 0.4) is 0 Å². The summed E-state index contributed by atoms with van der Waals surface area (Å²) < 4.78 is 6.94. The van der Waals surface area contributed by atoms with Crippen molar-refractivity contribution >= 4 is 29.1 Å². The van der Waals surface area contributed by atoms with Crippen molar-refractivity contribution in [1.82, 2.24) is 14.9 Å². The first kappa shape index (κ1) is 15.7. The molecule has 0 fully saturated rings. The number of hydrogen-bond donors (Lipinski definition) is 1. The highest BCUT2D eigenvalue weighted by molar-refractivity contribution is 6.37. The van der Waals surface area contributed by atoms with Gasteiger partial charge in [-0.25, -0.2) is 4.98 Å². The predicted molar refractivity (Wildman–Crippen MR) is 82.2 cm³/mol. The topological polar surface area (TPSA) is 56.1 Å². The lowest BCUT2D eigenvalue weighted by atomic mass is 10.2. The minimum atomic E-state index is -0.242. The van der Waals surface area contributed by atoms with Crippen molar-refractivity contribution in [2.75, 3.05) is 7.11 Å². The number of nitrogens with zero attached hydrogens (tertiary/aromatic N) is 2. The molecule has 0 radical (unpaired) electrons. The molecular formula is C14H15Cl2N3O2. The van der Waals surface area contributed by atoms with Gasteiger partial charge in [0.05, 0.1) is 23.5 Å². The molecule has 7 heteroatoms. The maximum Gasteiger partial charge on any atom is 0.251 e. The number of aromatic nitrogens is 2. The zero-order valence-corrected chi connectivity index (χ0v) is 13.1. The number of hydrogen-bond acceptors (Lipinski definition) is 3. The van der Waals surface area contributed by atoms with Crippen LogP contribution in [-0.2, 0) is 6.54 Å². The molecule has 2 aromatic rings. The molecule has 21 heavy (non-hydrogen) atoms. The van der Waals surface area contributed by atoms with E-state index in [1.807, 2.05) is 17.7 Å². The molecule has 0 aliphatic rings. The van der Waals surface area contributed by atoms with Crippen molar-refractivity contribution in [2.24, 2.45) is 0 Å². The first-order valence-corrected chi connectivity index (χ1v) is 7.06. The van der Waals surface area contributed by atoms with Gasteiger partial charge in [-0.15, -0.1) is 0 Å². The monoisotopic (exact) mass is 327 g/mol. The van der Waals surface area contributed by atoms with Gasteiger partial charge in [-0.3, -0.25) is 4.79 Å². The van der Waals surface area contributed by atoms with Crippen LogP contribution in [-0.4, -0.2) is 28.6 Å². The molecule has 0 spiro atoms. The minimum Gasteiger partial charge on any atom is -0.494 e. The number of amides is 1. The van der Waals surface area contributed by atoms with Crippen LogP contribution in [0.5, 0.6) is 5.75 Å². The highest BCUT2D eigenvalue weighted by Gasteiger charge is 2.15. The molecule has 1 aromatic heterocycles. The van der Waals surface area contributed by atoms with Crippen LogP contribution in [0, 0.1) is 0 Å². The Balaban J connectivity index is 2.06. The Morgan fingerprint density at radius 1 is 1.43 bits per heavy atom. The molecule has 0 saturated carbocycles. The fraction of sp³-hybridized carbons (Fsp3) is 0.286. The molecule has 0 bridgehead atoms. The summed E-state index contributed by atoms with van der Waals surface area (Å²) in [6.07, 6.45) is 5.23.